The number of primary amides is 1. The summed E-state index contributed by atoms with van der Waals surface area (Å²) >= 11 is 7.23. The Labute approximate surface area is 102 Å². The van der Waals surface area contributed by atoms with Crippen molar-refractivity contribution in [1.29, 1.82) is 0 Å². The van der Waals surface area contributed by atoms with Gasteiger partial charge in [-0.1, -0.05) is 11.6 Å². The molecule has 16 heavy (non-hydrogen) atoms. The number of urea groups is 1. The molecule has 0 aliphatic heterocycles. The van der Waals surface area contributed by atoms with E-state index in [0.717, 1.165) is 4.88 Å². The van der Waals surface area contributed by atoms with Gasteiger partial charge in [0.25, 0.3) is 0 Å². The predicted octanol–water partition coefficient (Wildman–Crippen LogP) is 1.25. The van der Waals surface area contributed by atoms with Gasteiger partial charge in [-0.3, -0.25) is 10.1 Å². The van der Waals surface area contributed by atoms with Crippen molar-refractivity contribution >= 4 is 34.9 Å². The number of halogens is 1. The molecule has 1 heterocycles. The maximum Gasteiger partial charge on any atom is 0.318 e. The van der Waals surface area contributed by atoms with Gasteiger partial charge in [-0.15, -0.1) is 11.3 Å². The average molecular weight is 262 g/mol. The quantitative estimate of drug-likeness (QED) is 0.763. The first-order valence-corrected chi connectivity index (χ1v) is 5.76. The van der Waals surface area contributed by atoms with E-state index < -0.39 is 11.9 Å². The fraction of sp³-hybridized carbons (Fsp3) is 0.333. The van der Waals surface area contributed by atoms with E-state index in [9.17, 15) is 9.59 Å². The van der Waals surface area contributed by atoms with Gasteiger partial charge in [0.1, 0.15) is 0 Å². The highest BCUT2D eigenvalue weighted by atomic mass is 35.5. The van der Waals surface area contributed by atoms with Crippen LogP contribution in [0.4, 0.5) is 4.79 Å². The van der Waals surface area contributed by atoms with Crippen LogP contribution in [-0.4, -0.2) is 18.5 Å². The Morgan fingerprint density at radius 1 is 1.56 bits per heavy atom. The number of thiophene rings is 1. The van der Waals surface area contributed by atoms with Gasteiger partial charge in [0, 0.05) is 10.9 Å². The van der Waals surface area contributed by atoms with Crippen LogP contribution >= 0.6 is 22.9 Å². The Bertz CT molecular complexity index is 394. The van der Waals surface area contributed by atoms with Gasteiger partial charge < -0.3 is 11.1 Å². The zero-order chi connectivity index (χ0) is 12.1. The minimum Gasteiger partial charge on any atom is -0.351 e. The standard InChI is InChI=1S/C9H12ClN3O2S/c1-5(6-2-3-7(10)16-6)12-4-8(14)13-9(11)15/h2-3,5,12H,4H2,1H3,(H3,11,13,14,15). The Balaban J connectivity index is 2.38. The number of nitrogens with two attached hydrogens (primary N) is 1. The van der Waals surface area contributed by atoms with Gasteiger partial charge in [0.05, 0.1) is 10.9 Å². The Hall–Kier alpha value is -1.11. The average Bonchev–Trinajstić information content (AvgIpc) is 2.60. The molecule has 0 bridgehead atoms. The third kappa shape index (κ3) is 4.18. The second kappa shape index (κ2) is 5.83. The minimum atomic E-state index is -0.848. The summed E-state index contributed by atoms with van der Waals surface area (Å²) in [5.41, 5.74) is 4.80. The maximum atomic E-state index is 11.1. The Kier molecular flexibility index (Phi) is 4.72. The second-order valence-electron chi connectivity index (χ2n) is 3.16. The van der Waals surface area contributed by atoms with E-state index in [4.69, 9.17) is 17.3 Å². The smallest absolute Gasteiger partial charge is 0.318 e. The molecule has 0 radical (unpaired) electrons. The molecule has 1 aromatic heterocycles. The van der Waals surface area contributed by atoms with Crippen molar-refractivity contribution < 1.29 is 9.59 Å². The fourth-order valence-corrected chi connectivity index (χ4v) is 2.18. The van der Waals surface area contributed by atoms with Crippen molar-refractivity contribution in [3.8, 4) is 0 Å². The molecule has 3 amide bonds. The van der Waals surface area contributed by atoms with E-state index in [1.807, 2.05) is 18.3 Å². The van der Waals surface area contributed by atoms with Crippen LogP contribution in [0.2, 0.25) is 4.34 Å². The predicted molar refractivity (Wildman–Crippen MR) is 63.5 cm³/mol. The van der Waals surface area contributed by atoms with Crippen molar-refractivity contribution in [2.45, 2.75) is 13.0 Å². The highest BCUT2D eigenvalue weighted by molar-refractivity contribution is 7.16. The monoisotopic (exact) mass is 261 g/mol. The van der Waals surface area contributed by atoms with E-state index in [1.54, 1.807) is 6.07 Å². The number of nitrogens with one attached hydrogen (secondary N) is 2. The summed E-state index contributed by atoms with van der Waals surface area (Å²) in [5.74, 6) is -0.456. The summed E-state index contributed by atoms with van der Waals surface area (Å²) in [6, 6.07) is 2.83. The van der Waals surface area contributed by atoms with Crippen molar-refractivity contribution in [1.82, 2.24) is 10.6 Å². The van der Waals surface area contributed by atoms with E-state index in [1.165, 1.54) is 11.3 Å². The van der Waals surface area contributed by atoms with Gasteiger partial charge >= 0.3 is 6.03 Å². The molecule has 1 aromatic rings. The number of carbonyl (C=O) groups is 2. The molecule has 1 rings (SSSR count). The van der Waals surface area contributed by atoms with E-state index in [2.05, 4.69) is 5.32 Å². The third-order valence-electron chi connectivity index (χ3n) is 1.85. The molecular weight excluding hydrogens is 250 g/mol. The zero-order valence-corrected chi connectivity index (χ0v) is 10.2. The van der Waals surface area contributed by atoms with Crippen molar-refractivity contribution in [3.05, 3.63) is 21.3 Å². The molecule has 88 valence electrons. The molecule has 0 fully saturated rings. The normalized spacial score (nSPS) is 12.1. The fourth-order valence-electron chi connectivity index (χ4n) is 1.09. The first kappa shape index (κ1) is 13.0. The molecule has 0 spiro atoms. The highest BCUT2D eigenvalue weighted by Crippen LogP contribution is 2.26. The summed E-state index contributed by atoms with van der Waals surface area (Å²) in [7, 11) is 0. The third-order valence-corrected chi connectivity index (χ3v) is 3.27. The van der Waals surface area contributed by atoms with Crippen LogP contribution in [0.5, 0.6) is 0 Å². The molecule has 0 saturated heterocycles. The molecule has 0 aliphatic rings. The number of carbonyl (C=O) groups excluding carboxylic acids is 2. The summed E-state index contributed by atoms with van der Waals surface area (Å²) in [6.45, 7) is 1.93. The zero-order valence-electron chi connectivity index (χ0n) is 8.62. The van der Waals surface area contributed by atoms with E-state index in [0.29, 0.717) is 4.34 Å². The summed E-state index contributed by atoms with van der Waals surface area (Å²) in [4.78, 5) is 22.5. The largest absolute Gasteiger partial charge is 0.351 e. The molecule has 1 unspecified atom stereocenters. The summed E-state index contributed by atoms with van der Waals surface area (Å²) < 4.78 is 0.699. The molecule has 0 aromatic carbocycles. The van der Waals surface area contributed by atoms with Crippen LogP contribution < -0.4 is 16.4 Å². The topological polar surface area (TPSA) is 84.2 Å². The van der Waals surface area contributed by atoms with Crippen LogP contribution in [0.25, 0.3) is 0 Å². The number of rotatable bonds is 4. The number of imide groups is 1. The molecular formula is C9H12ClN3O2S. The first-order chi connectivity index (χ1) is 7.49. The Morgan fingerprint density at radius 2 is 2.25 bits per heavy atom. The van der Waals surface area contributed by atoms with Crippen molar-refractivity contribution in [2.24, 2.45) is 5.73 Å². The molecule has 4 N–H and O–H groups in total. The second-order valence-corrected chi connectivity index (χ2v) is 4.90. The van der Waals surface area contributed by atoms with E-state index >= 15 is 0 Å². The summed E-state index contributed by atoms with van der Waals surface area (Å²) in [5, 5.41) is 4.92. The lowest BCUT2D eigenvalue weighted by molar-refractivity contribution is -0.119. The molecule has 1 atom stereocenters. The number of hydrogen-bond acceptors (Lipinski definition) is 4. The Morgan fingerprint density at radius 3 is 2.75 bits per heavy atom. The lowest BCUT2D eigenvalue weighted by atomic mass is 10.3. The highest BCUT2D eigenvalue weighted by Gasteiger charge is 2.10. The van der Waals surface area contributed by atoms with Crippen molar-refractivity contribution in [3.63, 3.8) is 0 Å². The number of hydrogen-bond donors (Lipinski definition) is 3. The first-order valence-electron chi connectivity index (χ1n) is 4.57. The number of amides is 3. The summed E-state index contributed by atoms with van der Waals surface area (Å²) in [6.07, 6.45) is 0. The van der Waals surface area contributed by atoms with Crippen LogP contribution in [0.15, 0.2) is 12.1 Å². The molecule has 0 aliphatic carbocycles. The maximum absolute atomic E-state index is 11.1. The van der Waals surface area contributed by atoms with Gasteiger partial charge in [-0.25, -0.2) is 4.79 Å². The van der Waals surface area contributed by atoms with Crippen LogP contribution in [-0.2, 0) is 4.79 Å². The SMILES string of the molecule is CC(NCC(=O)NC(N)=O)c1ccc(Cl)s1. The van der Waals surface area contributed by atoms with Gasteiger partial charge in [0.2, 0.25) is 5.91 Å². The van der Waals surface area contributed by atoms with Crippen LogP contribution in [0.3, 0.4) is 0 Å². The van der Waals surface area contributed by atoms with E-state index in [-0.39, 0.29) is 12.6 Å². The van der Waals surface area contributed by atoms with Gasteiger partial charge in [0.15, 0.2) is 0 Å². The lowest BCUT2D eigenvalue weighted by Crippen LogP contribution is -2.41. The molecule has 7 heteroatoms. The van der Waals surface area contributed by atoms with Crippen LogP contribution in [0, 0.1) is 0 Å². The van der Waals surface area contributed by atoms with Crippen molar-refractivity contribution in [2.75, 3.05) is 6.54 Å². The van der Waals surface area contributed by atoms with Crippen LogP contribution in [0.1, 0.15) is 17.8 Å². The van der Waals surface area contributed by atoms with Gasteiger partial charge in [-0.05, 0) is 19.1 Å². The molecule has 0 saturated carbocycles. The lowest BCUT2D eigenvalue weighted by Gasteiger charge is -2.10. The minimum absolute atomic E-state index is 0.00359. The van der Waals surface area contributed by atoms with Gasteiger partial charge in [-0.2, -0.15) is 0 Å². The molecule has 5 nitrogen and oxygen atoms in total.